The van der Waals surface area contributed by atoms with Crippen LogP contribution in [0.4, 0.5) is 5.69 Å². The smallest absolute Gasteiger partial charge is 0.335 e. The van der Waals surface area contributed by atoms with E-state index in [1.807, 2.05) is 0 Å². The molecule has 2 aliphatic rings. The summed E-state index contributed by atoms with van der Waals surface area (Å²) in [5.41, 5.74) is 1.76. The lowest BCUT2D eigenvalue weighted by atomic mass is 9.95. The Morgan fingerprint density at radius 2 is 1.89 bits per heavy atom. The Morgan fingerprint density at radius 1 is 1.11 bits per heavy atom. The summed E-state index contributed by atoms with van der Waals surface area (Å²) in [5, 5.41) is 12.6. The first kappa shape index (κ1) is 20.9. The Morgan fingerprint density at radius 3 is 2.57 bits per heavy atom. The molecule has 1 aromatic rings. The normalized spacial score (nSPS) is 18.5. The largest absolute Gasteiger partial charge is 0.478 e. The lowest BCUT2D eigenvalue weighted by Crippen LogP contribution is -2.28. The molecule has 0 aliphatic heterocycles. The second kappa shape index (κ2) is 9.56. The molecule has 1 aromatic carbocycles. The highest BCUT2D eigenvalue weighted by Gasteiger charge is 2.23. The van der Waals surface area contributed by atoms with Gasteiger partial charge in [-0.25, -0.2) is 17.9 Å². The number of anilines is 1. The summed E-state index contributed by atoms with van der Waals surface area (Å²) in [6.07, 6.45) is 12.8. The fraction of sp³-hybridized carbons (Fsp3) is 0.571. The molecule has 1 saturated carbocycles. The molecule has 0 unspecified atom stereocenters. The highest BCUT2D eigenvalue weighted by molar-refractivity contribution is 7.89. The van der Waals surface area contributed by atoms with Gasteiger partial charge in [0.05, 0.1) is 11.3 Å². The first-order valence-corrected chi connectivity index (χ1v) is 11.8. The van der Waals surface area contributed by atoms with Crippen molar-refractivity contribution in [3.63, 3.8) is 0 Å². The van der Waals surface area contributed by atoms with E-state index in [9.17, 15) is 18.3 Å². The van der Waals surface area contributed by atoms with Gasteiger partial charge in [0.2, 0.25) is 10.0 Å². The van der Waals surface area contributed by atoms with Crippen molar-refractivity contribution in [3.05, 3.63) is 35.4 Å². The predicted molar refractivity (Wildman–Crippen MR) is 110 cm³/mol. The molecule has 3 N–H and O–H groups in total. The molecule has 3 rings (SSSR count). The molecule has 0 radical (unpaired) electrons. The van der Waals surface area contributed by atoms with Gasteiger partial charge in [0.15, 0.2) is 0 Å². The fourth-order valence-corrected chi connectivity index (χ4v) is 5.24. The maximum atomic E-state index is 12.9. The minimum absolute atomic E-state index is 0.0236. The molecule has 0 atom stereocenters. The number of carboxylic acid groups (broad SMARTS) is 1. The Labute approximate surface area is 167 Å². The van der Waals surface area contributed by atoms with Gasteiger partial charge in [-0.2, -0.15) is 0 Å². The van der Waals surface area contributed by atoms with Gasteiger partial charge in [0.25, 0.3) is 0 Å². The van der Waals surface area contributed by atoms with Crippen molar-refractivity contribution in [2.45, 2.75) is 75.1 Å². The SMILES string of the molecule is O=C(O)c1ccc(NC2CCCCC2)c(S(=O)(=O)NCCC2=CCCCC2)c1. The second-order valence-electron chi connectivity index (χ2n) is 7.75. The van der Waals surface area contributed by atoms with E-state index in [4.69, 9.17) is 0 Å². The van der Waals surface area contributed by atoms with Gasteiger partial charge in [-0.05, 0) is 63.1 Å². The Kier molecular flexibility index (Phi) is 7.13. The van der Waals surface area contributed by atoms with E-state index in [1.54, 1.807) is 6.07 Å². The highest BCUT2D eigenvalue weighted by Crippen LogP contribution is 2.28. The van der Waals surface area contributed by atoms with Crippen molar-refractivity contribution >= 4 is 21.7 Å². The maximum absolute atomic E-state index is 12.9. The van der Waals surface area contributed by atoms with E-state index in [-0.39, 0.29) is 16.5 Å². The van der Waals surface area contributed by atoms with Crippen LogP contribution in [-0.4, -0.2) is 32.1 Å². The number of sulfonamides is 1. The Hall–Kier alpha value is -1.86. The number of hydrogen-bond acceptors (Lipinski definition) is 4. The monoisotopic (exact) mass is 406 g/mol. The standard InChI is InChI=1S/C21H30N2O4S/c24-21(25)17-11-12-19(23-18-9-5-2-6-10-18)20(15-17)28(26,27)22-14-13-16-7-3-1-4-8-16/h7,11-12,15,18,22-23H,1-6,8-10,13-14H2,(H,24,25). The zero-order valence-corrected chi connectivity index (χ0v) is 17.1. The van der Waals surface area contributed by atoms with Crippen molar-refractivity contribution in [2.24, 2.45) is 0 Å². The van der Waals surface area contributed by atoms with Gasteiger partial charge < -0.3 is 10.4 Å². The molecular formula is C21H30N2O4S. The van der Waals surface area contributed by atoms with Gasteiger partial charge in [0, 0.05) is 12.6 Å². The molecule has 1 fully saturated rings. The fourth-order valence-electron chi connectivity index (χ4n) is 4.02. The quantitative estimate of drug-likeness (QED) is 0.560. The molecule has 0 aromatic heterocycles. The average Bonchev–Trinajstić information content (AvgIpc) is 2.69. The van der Waals surface area contributed by atoms with Crippen LogP contribution in [0.1, 0.15) is 74.6 Å². The molecule has 0 amide bonds. The molecule has 28 heavy (non-hydrogen) atoms. The predicted octanol–water partition coefficient (Wildman–Crippen LogP) is 4.30. The summed E-state index contributed by atoms with van der Waals surface area (Å²) >= 11 is 0. The third-order valence-electron chi connectivity index (χ3n) is 5.61. The molecule has 6 nitrogen and oxygen atoms in total. The van der Waals surface area contributed by atoms with E-state index in [0.29, 0.717) is 18.7 Å². The van der Waals surface area contributed by atoms with Gasteiger partial charge >= 0.3 is 5.97 Å². The first-order chi connectivity index (χ1) is 13.5. The van der Waals surface area contributed by atoms with E-state index < -0.39 is 16.0 Å². The summed E-state index contributed by atoms with van der Waals surface area (Å²) in [6, 6.07) is 4.52. The van der Waals surface area contributed by atoms with Crippen LogP contribution in [0.25, 0.3) is 0 Å². The van der Waals surface area contributed by atoms with Crippen molar-refractivity contribution in [3.8, 4) is 0 Å². The highest BCUT2D eigenvalue weighted by atomic mass is 32.2. The zero-order chi connectivity index (χ0) is 20.0. The van der Waals surface area contributed by atoms with Gasteiger partial charge in [-0.1, -0.05) is 30.9 Å². The third-order valence-corrected chi connectivity index (χ3v) is 7.11. The molecular weight excluding hydrogens is 376 g/mol. The van der Waals surface area contributed by atoms with Crippen molar-refractivity contribution < 1.29 is 18.3 Å². The summed E-state index contributed by atoms with van der Waals surface area (Å²) in [4.78, 5) is 11.4. The minimum Gasteiger partial charge on any atom is -0.478 e. The lowest BCUT2D eigenvalue weighted by Gasteiger charge is -2.25. The Bertz CT molecular complexity index is 827. The van der Waals surface area contributed by atoms with Crippen LogP contribution >= 0.6 is 0 Å². The van der Waals surface area contributed by atoms with Gasteiger partial charge in [0.1, 0.15) is 4.90 Å². The Balaban J connectivity index is 1.76. The summed E-state index contributed by atoms with van der Waals surface area (Å²) in [5.74, 6) is -1.13. The summed E-state index contributed by atoms with van der Waals surface area (Å²) in [7, 11) is -3.80. The third kappa shape index (κ3) is 5.58. The number of allylic oxidation sites excluding steroid dienone is 1. The van der Waals surface area contributed by atoms with Gasteiger partial charge in [-0.15, -0.1) is 0 Å². The van der Waals surface area contributed by atoms with Crippen molar-refractivity contribution in [2.75, 3.05) is 11.9 Å². The van der Waals surface area contributed by atoms with Crippen LogP contribution < -0.4 is 10.0 Å². The van der Waals surface area contributed by atoms with Crippen LogP contribution in [-0.2, 0) is 10.0 Å². The van der Waals surface area contributed by atoms with E-state index in [2.05, 4.69) is 16.1 Å². The van der Waals surface area contributed by atoms with Crippen LogP contribution in [0, 0.1) is 0 Å². The van der Waals surface area contributed by atoms with Crippen LogP contribution in [0.5, 0.6) is 0 Å². The number of aromatic carboxylic acids is 1. The topological polar surface area (TPSA) is 95.5 Å². The van der Waals surface area contributed by atoms with Crippen molar-refractivity contribution in [1.82, 2.24) is 4.72 Å². The summed E-state index contributed by atoms with van der Waals surface area (Å²) < 4.78 is 28.6. The molecule has 0 saturated heterocycles. The number of hydrogen-bond donors (Lipinski definition) is 3. The van der Waals surface area contributed by atoms with Crippen LogP contribution in [0.2, 0.25) is 0 Å². The minimum atomic E-state index is -3.80. The zero-order valence-electron chi connectivity index (χ0n) is 16.2. The lowest BCUT2D eigenvalue weighted by molar-refractivity contribution is 0.0696. The number of carboxylic acids is 1. The van der Waals surface area contributed by atoms with Crippen LogP contribution in [0.3, 0.4) is 0 Å². The van der Waals surface area contributed by atoms with E-state index >= 15 is 0 Å². The number of benzene rings is 1. The second-order valence-corrected chi connectivity index (χ2v) is 9.49. The van der Waals surface area contributed by atoms with E-state index in [1.165, 1.54) is 30.5 Å². The first-order valence-electron chi connectivity index (χ1n) is 10.3. The van der Waals surface area contributed by atoms with Crippen LogP contribution in [0.15, 0.2) is 34.7 Å². The molecule has 7 heteroatoms. The molecule has 0 bridgehead atoms. The van der Waals surface area contributed by atoms with E-state index in [0.717, 1.165) is 44.9 Å². The van der Waals surface area contributed by atoms with Crippen molar-refractivity contribution in [1.29, 1.82) is 0 Å². The summed E-state index contributed by atoms with van der Waals surface area (Å²) in [6.45, 7) is 0.328. The molecule has 154 valence electrons. The maximum Gasteiger partial charge on any atom is 0.335 e. The molecule has 0 spiro atoms. The average molecular weight is 407 g/mol. The molecule has 0 heterocycles. The number of carbonyl (C=O) groups is 1. The molecule has 2 aliphatic carbocycles. The number of rotatable bonds is 8. The van der Waals surface area contributed by atoms with Gasteiger partial charge in [-0.3, -0.25) is 0 Å². The number of nitrogens with one attached hydrogen (secondary N) is 2.